The summed E-state index contributed by atoms with van der Waals surface area (Å²) in [6.45, 7) is 5.53. The first kappa shape index (κ1) is 13.1. The van der Waals surface area contributed by atoms with Gasteiger partial charge < -0.3 is 4.57 Å². The number of hydrogen-bond acceptors (Lipinski definition) is 2. The SMILES string of the molecule is CC(=O)c1cc(C)n(-c2ccc(CC#N)cc2)c1C. The third kappa shape index (κ3) is 2.43. The molecular formula is C16H16N2O. The second kappa shape index (κ2) is 5.11. The van der Waals surface area contributed by atoms with Gasteiger partial charge in [0.2, 0.25) is 0 Å². The second-order valence-corrected chi connectivity index (χ2v) is 4.68. The molecule has 0 bridgehead atoms. The molecule has 0 aliphatic heterocycles. The van der Waals surface area contributed by atoms with E-state index in [9.17, 15) is 4.79 Å². The summed E-state index contributed by atoms with van der Waals surface area (Å²) in [6, 6.07) is 11.9. The van der Waals surface area contributed by atoms with Gasteiger partial charge in [0, 0.05) is 22.6 Å². The van der Waals surface area contributed by atoms with Gasteiger partial charge in [-0.25, -0.2) is 0 Å². The van der Waals surface area contributed by atoms with E-state index in [2.05, 4.69) is 10.6 Å². The van der Waals surface area contributed by atoms with E-state index in [4.69, 9.17) is 5.26 Å². The quantitative estimate of drug-likeness (QED) is 0.786. The zero-order chi connectivity index (χ0) is 14.0. The molecule has 1 aromatic carbocycles. The van der Waals surface area contributed by atoms with Crippen molar-refractivity contribution in [3.8, 4) is 11.8 Å². The number of hydrogen-bond donors (Lipinski definition) is 0. The number of aromatic nitrogens is 1. The number of benzene rings is 1. The van der Waals surface area contributed by atoms with Gasteiger partial charge in [-0.3, -0.25) is 4.79 Å². The van der Waals surface area contributed by atoms with Crippen molar-refractivity contribution in [1.82, 2.24) is 4.57 Å². The minimum Gasteiger partial charge on any atom is -0.318 e. The van der Waals surface area contributed by atoms with Gasteiger partial charge in [-0.05, 0) is 44.5 Å². The first-order chi connectivity index (χ1) is 9.04. The zero-order valence-corrected chi connectivity index (χ0v) is 11.4. The maximum atomic E-state index is 11.6. The molecule has 3 nitrogen and oxygen atoms in total. The molecule has 96 valence electrons. The van der Waals surface area contributed by atoms with E-state index in [0.717, 1.165) is 28.2 Å². The van der Waals surface area contributed by atoms with Gasteiger partial charge in [0.1, 0.15) is 0 Å². The van der Waals surface area contributed by atoms with Crippen molar-refractivity contribution in [3.63, 3.8) is 0 Å². The van der Waals surface area contributed by atoms with E-state index < -0.39 is 0 Å². The van der Waals surface area contributed by atoms with Gasteiger partial charge >= 0.3 is 0 Å². The lowest BCUT2D eigenvalue weighted by Gasteiger charge is -2.10. The molecule has 19 heavy (non-hydrogen) atoms. The number of aryl methyl sites for hydroxylation is 1. The zero-order valence-electron chi connectivity index (χ0n) is 11.4. The lowest BCUT2D eigenvalue weighted by atomic mass is 10.1. The normalized spacial score (nSPS) is 10.2. The number of nitrogens with zero attached hydrogens (tertiary/aromatic N) is 2. The summed E-state index contributed by atoms with van der Waals surface area (Å²) >= 11 is 0. The highest BCUT2D eigenvalue weighted by molar-refractivity contribution is 5.95. The third-order valence-corrected chi connectivity index (χ3v) is 3.29. The van der Waals surface area contributed by atoms with Crippen LogP contribution >= 0.6 is 0 Å². The molecule has 0 unspecified atom stereocenters. The molecule has 0 aliphatic rings. The van der Waals surface area contributed by atoms with Gasteiger partial charge in [0.15, 0.2) is 5.78 Å². The Balaban J connectivity index is 2.47. The van der Waals surface area contributed by atoms with E-state index >= 15 is 0 Å². The molecule has 0 atom stereocenters. The average molecular weight is 252 g/mol. The highest BCUT2D eigenvalue weighted by Gasteiger charge is 2.13. The summed E-state index contributed by atoms with van der Waals surface area (Å²) in [5.74, 6) is 0.0838. The maximum Gasteiger partial charge on any atom is 0.161 e. The number of Topliss-reactive ketones (excluding diaryl/α,β-unsaturated/α-hetero) is 1. The Bertz CT molecular complexity index is 657. The van der Waals surface area contributed by atoms with Crippen LogP contribution in [0, 0.1) is 25.2 Å². The predicted molar refractivity (Wildman–Crippen MR) is 74.6 cm³/mol. The van der Waals surface area contributed by atoms with Crippen molar-refractivity contribution in [2.45, 2.75) is 27.2 Å². The topological polar surface area (TPSA) is 45.8 Å². The van der Waals surface area contributed by atoms with Crippen LogP contribution in [0.3, 0.4) is 0 Å². The summed E-state index contributed by atoms with van der Waals surface area (Å²) in [6.07, 6.45) is 0.419. The van der Waals surface area contributed by atoms with Gasteiger partial charge in [0.25, 0.3) is 0 Å². The lowest BCUT2D eigenvalue weighted by molar-refractivity contribution is 0.101. The second-order valence-electron chi connectivity index (χ2n) is 4.68. The van der Waals surface area contributed by atoms with Gasteiger partial charge in [-0.2, -0.15) is 5.26 Å². The van der Waals surface area contributed by atoms with Crippen LogP contribution in [0.25, 0.3) is 5.69 Å². The fourth-order valence-electron chi connectivity index (χ4n) is 2.37. The van der Waals surface area contributed by atoms with Crippen molar-refractivity contribution in [2.75, 3.05) is 0 Å². The molecule has 0 N–H and O–H groups in total. The minimum atomic E-state index is 0.0838. The lowest BCUT2D eigenvalue weighted by Crippen LogP contribution is -2.01. The van der Waals surface area contributed by atoms with Crippen molar-refractivity contribution in [3.05, 3.63) is 52.8 Å². The molecule has 0 saturated heterocycles. The Hall–Kier alpha value is -2.34. The van der Waals surface area contributed by atoms with Crippen LogP contribution in [0.5, 0.6) is 0 Å². The summed E-state index contributed by atoms with van der Waals surface area (Å²) < 4.78 is 2.06. The van der Waals surface area contributed by atoms with Gasteiger partial charge in [-0.15, -0.1) is 0 Å². The molecular weight excluding hydrogens is 236 g/mol. The fraction of sp³-hybridized carbons (Fsp3) is 0.250. The van der Waals surface area contributed by atoms with Crippen molar-refractivity contribution < 1.29 is 4.79 Å². The number of carbonyl (C=O) groups excluding carboxylic acids is 1. The summed E-state index contributed by atoms with van der Waals surface area (Å²) in [4.78, 5) is 11.6. The standard InChI is InChI=1S/C16H16N2O/c1-11-10-16(13(3)19)12(2)18(11)15-6-4-14(5-7-15)8-9-17/h4-7,10H,8H2,1-3H3. The molecule has 0 fully saturated rings. The smallest absolute Gasteiger partial charge is 0.161 e. The van der Waals surface area contributed by atoms with Crippen LogP contribution in [0.1, 0.15) is 34.2 Å². The third-order valence-electron chi connectivity index (χ3n) is 3.29. The van der Waals surface area contributed by atoms with Gasteiger partial charge in [-0.1, -0.05) is 12.1 Å². The summed E-state index contributed by atoms with van der Waals surface area (Å²) in [5.41, 5.74) is 4.78. The monoisotopic (exact) mass is 252 g/mol. The predicted octanol–water partition coefficient (Wildman–Crippen LogP) is 3.36. The van der Waals surface area contributed by atoms with Crippen LogP contribution in [0.2, 0.25) is 0 Å². The van der Waals surface area contributed by atoms with Crippen molar-refractivity contribution >= 4 is 5.78 Å². The molecule has 0 aliphatic carbocycles. The molecule has 2 aromatic rings. The Morgan fingerprint density at radius 2 is 1.89 bits per heavy atom. The van der Waals surface area contributed by atoms with Crippen LogP contribution < -0.4 is 0 Å². The number of ketones is 1. The maximum absolute atomic E-state index is 11.6. The Kier molecular flexibility index (Phi) is 3.52. The molecule has 0 amide bonds. The number of nitriles is 1. The van der Waals surface area contributed by atoms with E-state index in [1.807, 2.05) is 44.2 Å². The first-order valence-corrected chi connectivity index (χ1v) is 6.20. The number of carbonyl (C=O) groups is 1. The highest BCUT2D eigenvalue weighted by Crippen LogP contribution is 2.21. The molecule has 1 aromatic heterocycles. The highest BCUT2D eigenvalue weighted by atomic mass is 16.1. The van der Waals surface area contributed by atoms with Crippen LogP contribution in [0.4, 0.5) is 0 Å². The molecule has 3 heteroatoms. The molecule has 2 rings (SSSR count). The Labute approximate surface area is 113 Å². The van der Waals surface area contributed by atoms with E-state index in [1.165, 1.54) is 0 Å². The van der Waals surface area contributed by atoms with Crippen LogP contribution in [-0.4, -0.2) is 10.4 Å². The summed E-state index contributed by atoms with van der Waals surface area (Å²) in [5, 5.41) is 8.67. The minimum absolute atomic E-state index is 0.0838. The fourth-order valence-corrected chi connectivity index (χ4v) is 2.37. The van der Waals surface area contributed by atoms with E-state index in [1.54, 1.807) is 6.92 Å². The van der Waals surface area contributed by atoms with Crippen molar-refractivity contribution in [1.29, 1.82) is 5.26 Å². The largest absolute Gasteiger partial charge is 0.318 e. The molecule has 0 radical (unpaired) electrons. The molecule has 1 heterocycles. The van der Waals surface area contributed by atoms with Crippen LogP contribution in [-0.2, 0) is 6.42 Å². The summed E-state index contributed by atoms with van der Waals surface area (Å²) in [7, 11) is 0. The molecule has 0 saturated carbocycles. The number of rotatable bonds is 3. The first-order valence-electron chi connectivity index (χ1n) is 6.20. The van der Waals surface area contributed by atoms with Crippen LogP contribution in [0.15, 0.2) is 30.3 Å². The van der Waals surface area contributed by atoms with Crippen molar-refractivity contribution in [2.24, 2.45) is 0 Å². The average Bonchev–Trinajstić information content (AvgIpc) is 2.67. The Morgan fingerprint density at radius 3 is 2.37 bits per heavy atom. The molecule has 0 spiro atoms. The van der Waals surface area contributed by atoms with E-state index in [0.29, 0.717) is 6.42 Å². The van der Waals surface area contributed by atoms with E-state index in [-0.39, 0.29) is 5.78 Å². The Morgan fingerprint density at radius 1 is 1.26 bits per heavy atom. The van der Waals surface area contributed by atoms with Gasteiger partial charge in [0.05, 0.1) is 12.5 Å².